The molecule has 0 spiro atoms. The Balaban J connectivity index is 1.79. The van der Waals surface area contributed by atoms with Crippen LogP contribution in [-0.4, -0.2) is 16.1 Å². The molecule has 158 valence electrons. The van der Waals surface area contributed by atoms with E-state index in [1.54, 1.807) is 24.3 Å². The van der Waals surface area contributed by atoms with E-state index in [1.165, 1.54) is 12.3 Å². The minimum atomic E-state index is -0.720. The SMILES string of the molecule is O=[N+]([O-])c1ccc(N/N=C/c2cc(Br)ccc2OCc2ccccc2Cl)c([N+](=O)[O-])c1. The van der Waals surface area contributed by atoms with Crippen molar-refractivity contribution in [2.45, 2.75) is 6.61 Å². The Hall–Kier alpha value is -3.50. The van der Waals surface area contributed by atoms with Gasteiger partial charge in [-0.1, -0.05) is 45.7 Å². The molecule has 9 nitrogen and oxygen atoms in total. The van der Waals surface area contributed by atoms with Crippen LogP contribution in [0.5, 0.6) is 5.75 Å². The van der Waals surface area contributed by atoms with Crippen LogP contribution in [-0.2, 0) is 6.61 Å². The highest BCUT2D eigenvalue weighted by Crippen LogP contribution is 2.29. The van der Waals surface area contributed by atoms with Crippen LogP contribution < -0.4 is 10.2 Å². The van der Waals surface area contributed by atoms with Crippen molar-refractivity contribution in [2.24, 2.45) is 5.10 Å². The van der Waals surface area contributed by atoms with E-state index in [1.807, 2.05) is 18.2 Å². The van der Waals surface area contributed by atoms with E-state index in [4.69, 9.17) is 16.3 Å². The summed E-state index contributed by atoms with van der Waals surface area (Å²) in [5.41, 5.74) is 3.13. The molecule has 31 heavy (non-hydrogen) atoms. The molecular weight excluding hydrogens is 492 g/mol. The number of halogens is 2. The highest BCUT2D eigenvalue weighted by Gasteiger charge is 2.19. The number of rotatable bonds is 8. The lowest BCUT2D eigenvalue weighted by molar-refractivity contribution is -0.393. The quantitative estimate of drug-likeness (QED) is 0.230. The van der Waals surface area contributed by atoms with Gasteiger partial charge in [-0.2, -0.15) is 5.10 Å². The van der Waals surface area contributed by atoms with Crippen molar-refractivity contribution in [3.8, 4) is 5.75 Å². The number of nitrogens with zero attached hydrogens (tertiary/aromatic N) is 3. The van der Waals surface area contributed by atoms with E-state index >= 15 is 0 Å². The molecule has 0 unspecified atom stereocenters. The molecule has 0 aliphatic heterocycles. The number of benzene rings is 3. The van der Waals surface area contributed by atoms with Gasteiger partial charge in [0.1, 0.15) is 18.0 Å². The molecule has 1 N–H and O–H groups in total. The second-order valence-corrected chi connectivity index (χ2v) is 7.47. The maximum absolute atomic E-state index is 11.2. The molecule has 3 aromatic rings. The third kappa shape index (κ3) is 5.77. The van der Waals surface area contributed by atoms with Crippen LogP contribution in [0.1, 0.15) is 11.1 Å². The Bertz CT molecular complexity index is 1170. The van der Waals surface area contributed by atoms with Gasteiger partial charge in [0.2, 0.25) is 0 Å². The van der Waals surface area contributed by atoms with Gasteiger partial charge >= 0.3 is 5.69 Å². The molecule has 0 amide bonds. The topological polar surface area (TPSA) is 120 Å². The van der Waals surface area contributed by atoms with E-state index < -0.39 is 15.5 Å². The predicted molar refractivity (Wildman–Crippen MR) is 121 cm³/mol. The molecular formula is C20H14BrClN4O5. The van der Waals surface area contributed by atoms with Crippen LogP contribution in [0.3, 0.4) is 0 Å². The summed E-state index contributed by atoms with van der Waals surface area (Å²) in [5.74, 6) is 0.520. The highest BCUT2D eigenvalue weighted by atomic mass is 79.9. The number of anilines is 1. The molecule has 3 aromatic carbocycles. The summed E-state index contributed by atoms with van der Waals surface area (Å²) < 4.78 is 6.64. The number of hydrogen-bond acceptors (Lipinski definition) is 7. The highest BCUT2D eigenvalue weighted by molar-refractivity contribution is 9.10. The van der Waals surface area contributed by atoms with E-state index in [9.17, 15) is 20.2 Å². The second kappa shape index (κ2) is 10.0. The number of hydrazone groups is 1. The van der Waals surface area contributed by atoms with Crippen molar-refractivity contribution in [1.82, 2.24) is 0 Å². The van der Waals surface area contributed by atoms with Gasteiger partial charge in [-0.25, -0.2) is 0 Å². The zero-order valence-corrected chi connectivity index (χ0v) is 18.0. The fourth-order valence-corrected chi connectivity index (χ4v) is 3.14. The molecule has 3 rings (SSSR count). The van der Waals surface area contributed by atoms with Crippen molar-refractivity contribution in [2.75, 3.05) is 5.43 Å². The Morgan fingerprint density at radius 2 is 1.84 bits per heavy atom. The Kier molecular flexibility index (Phi) is 7.16. The lowest BCUT2D eigenvalue weighted by atomic mass is 10.2. The fourth-order valence-electron chi connectivity index (χ4n) is 2.57. The normalized spacial score (nSPS) is 10.8. The second-order valence-electron chi connectivity index (χ2n) is 6.15. The average molecular weight is 506 g/mol. The lowest BCUT2D eigenvalue weighted by Crippen LogP contribution is -2.01. The van der Waals surface area contributed by atoms with Gasteiger partial charge < -0.3 is 4.74 Å². The van der Waals surface area contributed by atoms with Gasteiger partial charge in [0.25, 0.3) is 5.69 Å². The maximum atomic E-state index is 11.2. The molecule has 0 aliphatic rings. The average Bonchev–Trinajstić information content (AvgIpc) is 2.74. The largest absolute Gasteiger partial charge is 0.488 e. The Labute approximate surface area is 189 Å². The molecule has 0 bridgehead atoms. The van der Waals surface area contributed by atoms with Gasteiger partial charge in [0.05, 0.1) is 22.1 Å². The van der Waals surface area contributed by atoms with Crippen LogP contribution in [0, 0.1) is 20.2 Å². The summed E-state index contributed by atoms with van der Waals surface area (Å²) in [6, 6.07) is 15.9. The van der Waals surface area contributed by atoms with Crippen molar-refractivity contribution in [3.05, 3.63) is 102 Å². The summed E-state index contributed by atoms with van der Waals surface area (Å²) >= 11 is 9.54. The number of non-ortho nitro benzene ring substituents is 1. The predicted octanol–water partition coefficient (Wildman–Crippen LogP) is 5.94. The first-order chi connectivity index (χ1) is 14.8. The third-order valence-electron chi connectivity index (χ3n) is 4.09. The van der Waals surface area contributed by atoms with Gasteiger partial charge in [-0.3, -0.25) is 25.7 Å². The van der Waals surface area contributed by atoms with Crippen LogP contribution in [0.2, 0.25) is 5.02 Å². The molecule has 0 aliphatic carbocycles. The summed E-state index contributed by atoms with van der Waals surface area (Å²) in [6.07, 6.45) is 1.43. The summed E-state index contributed by atoms with van der Waals surface area (Å²) in [4.78, 5) is 20.7. The van der Waals surface area contributed by atoms with Gasteiger partial charge in [0.15, 0.2) is 0 Å². The third-order valence-corrected chi connectivity index (χ3v) is 4.95. The number of nitrogens with one attached hydrogen (secondary N) is 1. The van der Waals surface area contributed by atoms with E-state index in [0.717, 1.165) is 22.2 Å². The first-order valence-electron chi connectivity index (χ1n) is 8.73. The lowest BCUT2D eigenvalue weighted by Gasteiger charge is -2.11. The minimum Gasteiger partial charge on any atom is -0.488 e. The number of hydrogen-bond donors (Lipinski definition) is 1. The van der Waals surface area contributed by atoms with Gasteiger partial charge in [-0.05, 0) is 30.3 Å². The Morgan fingerprint density at radius 3 is 2.55 bits per heavy atom. The molecule has 0 saturated carbocycles. The van der Waals surface area contributed by atoms with Crippen molar-refractivity contribution in [1.29, 1.82) is 0 Å². The first kappa shape index (κ1) is 22.2. The van der Waals surface area contributed by atoms with Crippen molar-refractivity contribution < 1.29 is 14.6 Å². The molecule has 0 radical (unpaired) electrons. The Morgan fingerprint density at radius 1 is 1.06 bits per heavy atom. The van der Waals surface area contributed by atoms with Crippen molar-refractivity contribution in [3.63, 3.8) is 0 Å². The fraction of sp³-hybridized carbons (Fsp3) is 0.0500. The zero-order chi connectivity index (χ0) is 22.4. The van der Waals surface area contributed by atoms with E-state index in [-0.39, 0.29) is 18.0 Å². The summed E-state index contributed by atoms with van der Waals surface area (Å²) in [5, 5.41) is 26.7. The number of nitro benzene ring substituents is 2. The van der Waals surface area contributed by atoms with E-state index in [0.29, 0.717) is 16.3 Å². The van der Waals surface area contributed by atoms with E-state index in [2.05, 4.69) is 26.5 Å². The van der Waals surface area contributed by atoms with Gasteiger partial charge in [0, 0.05) is 26.7 Å². The smallest absolute Gasteiger partial charge is 0.301 e. The minimum absolute atomic E-state index is 0.0142. The summed E-state index contributed by atoms with van der Waals surface area (Å²) in [7, 11) is 0. The zero-order valence-electron chi connectivity index (χ0n) is 15.7. The van der Waals surface area contributed by atoms with Crippen LogP contribution in [0.4, 0.5) is 17.1 Å². The number of ether oxygens (including phenoxy) is 1. The molecule has 0 fully saturated rings. The molecule has 0 saturated heterocycles. The molecule has 0 heterocycles. The maximum Gasteiger partial charge on any atom is 0.301 e. The molecule has 0 aromatic heterocycles. The standard InChI is InChI=1S/C20H14BrClN4O5/c21-15-5-8-20(31-12-13-3-1-2-4-17(13)22)14(9-15)11-23-24-18-7-6-16(25(27)28)10-19(18)26(29)30/h1-11,24H,12H2/b23-11+. The van der Waals surface area contributed by atoms with Gasteiger partial charge in [-0.15, -0.1) is 0 Å². The first-order valence-corrected chi connectivity index (χ1v) is 9.90. The number of nitro groups is 2. The van der Waals surface area contributed by atoms with Crippen molar-refractivity contribution >= 4 is 50.8 Å². The monoisotopic (exact) mass is 504 g/mol. The summed E-state index contributed by atoms with van der Waals surface area (Å²) in [6.45, 7) is 0.239. The molecule has 0 atom stereocenters. The van der Waals surface area contributed by atoms with Crippen LogP contribution in [0.15, 0.2) is 70.2 Å². The molecule has 11 heteroatoms. The van der Waals surface area contributed by atoms with Crippen LogP contribution in [0.25, 0.3) is 0 Å². The van der Waals surface area contributed by atoms with Crippen LogP contribution >= 0.6 is 27.5 Å².